The minimum absolute atomic E-state index is 0.767. The molecule has 0 saturated carbocycles. The maximum atomic E-state index is 5.98. The Morgan fingerprint density at radius 1 is 1.00 bits per heavy atom. The second kappa shape index (κ2) is 5.23. The summed E-state index contributed by atoms with van der Waals surface area (Å²) in [5.41, 5.74) is 7.70. The largest absolute Gasteiger partial charge is 0.398 e. The van der Waals surface area contributed by atoms with Crippen molar-refractivity contribution in [3.05, 3.63) is 59.2 Å². The minimum atomic E-state index is 0.767. The molecule has 3 rings (SSSR count). The van der Waals surface area contributed by atoms with Crippen LogP contribution in [-0.2, 0) is 0 Å². The minimum Gasteiger partial charge on any atom is -0.398 e. The second-order valence-corrected chi connectivity index (χ2v) is 6.14. The summed E-state index contributed by atoms with van der Waals surface area (Å²) in [5, 5.41) is 1.00. The number of hydrogen-bond acceptors (Lipinski definition) is 3. The molecule has 0 aliphatic carbocycles. The molecule has 0 bridgehead atoms. The van der Waals surface area contributed by atoms with Gasteiger partial charge < -0.3 is 5.73 Å². The van der Waals surface area contributed by atoms with E-state index >= 15 is 0 Å². The molecule has 0 aliphatic heterocycles. The van der Waals surface area contributed by atoms with Crippen molar-refractivity contribution < 1.29 is 0 Å². The van der Waals surface area contributed by atoms with Crippen molar-refractivity contribution in [2.75, 3.05) is 5.73 Å². The normalized spacial score (nSPS) is 10.8. The predicted octanol–water partition coefficient (Wildman–Crippen LogP) is 4.73. The Kier molecular flexibility index (Phi) is 3.44. The zero-order chi connectivity index (χ0) is 13.2. The third kappa shape index (κ3) is 2.60. The molecule has 94 valence electrons. The first-order valence-electron chi connectivity index (χ1n) is 5.81. The Morgan fingerprint density at radius 2 is 1.79 bits per heavy atom. The number of pyridine rings is 1. The molecule has 0 fully saturated rings. The first-order chi connectivity index (χ1) is 9.24. The van der Waals surface area contributed by atoms with Crippen LogP contribution in [0.3, 0.4) is 0 Å². The lowest BCUT2D eigenvalue weighted by Crippen LogP contribution is -1.89. The standard InChI is InChI=1S/C15H11BrN2S/c16-10-3-5-11(6-4-10)19-14-8-7-13(17)12-2-1-9-18-15(12)14/h1-9H,17H2. The van der Waals surface area contributed by atoms with Gasteiger partial charge in [0, 0.05) is 31.5 Å². The number of hydrogen-bond donors (Lipinski definition) is 1. The van der Waals surface area contributed by atoms with Crippen LogP contribution in [0.15, 0.2) is 69.0 Å². The quantitative estimate of drug-likeness (QED) is 0.690. The van der Waals surface area contributed by atoms with Gasteiger partial charge in [0.2, 0.25) is 0 Å². The number of fused-ring (bicyclic) bond motifs is 1. The molecule has 0 saturated heterocycles. The Labute approximate surface area is 124 Å². The van der Waals surface area contributed by atoms with Crippen molar-refractivity contribution in [3.63, 3.8) is 0 Å². The smallest absolute Gasteiger partial charge is 0.0861 e. The monoisotopic (exact) mass is 330 g/mol. The van der Waals surface area contributed by atoms with Crippen LogP contribution in [0.1, 0.15) is 0 Å². The van der Waals surface area contributed by atoms with Gasteiger partial charge in [0.05, 0.1) is 5.52 Å². The summed E-state index contributed by atoms with van der Waals surface area (Å²) >= 11 is 5.14. The number of rotatable bonds is 2. The highest BCUT2D eigenvalue weighted by Gasteiger charge is 2.06. The first kappa shape index (κ1) is 12.5. The zero-order valence-electron chi connectivity index (χ0n) is 10.0. The molecule has 4 heteroatoms. The number of nitrogen functional groups attached to an aromatic ring is 1. The van der Waals surface area contributed by atoms with Gasteiger partial charge in [-0.25, -0.2) is 0 Å². The summed E-state index contributed by atoms with van der Waals surface area (Å²) in [7, 11) is 0. The molecule has 0 atom stereocenters. The van der Waals surface area contributed by atoms with E-state index in [0.29, 0.717) is 0 Å². The van der Waals surface area contributed by atoms with Crippen LogP contribution in [0, 0.1) is 0 Å². The van der Waals surface area contributed by atoms with E-state index in [2.05, 4.69) is 33.0 Å². The Morgan fingerprint density at radius 3 is 2.58 bits per heavy atom. The molecular weight excluding hydrogens is 320 g/mol. The highest BCUT2D eigenvalue weighted by molar-refractivity contribution is 9.10. The van der Waals surface area contributed by atoms with E-state index < -0.39 is 0 Å². The van der Waals surface area contributed by atoms with Gasteiger partial charge in [-0.05, 0) is 48.5 Å². The van der Waals surface area contributed by atoms with E-state index in [1.165, 1.54) is 4.90 Å². The maximum Gasteiger partial charge on any atom is 0.0861 e. The molecule has 2 aromatic carbocycles. The van der Waals surface area contributed by atoms with Gasteiger partial charge in [-0.2, -0.15) is 0 Å². The van der Waals surface area contributed by atoms with E-state index in [9.17, 15) is 0 Å². The number of aromatic nitrogens is 1. The number of halogens is 1. The summed E-state index contributed by atoms with van der Waals surface area (Å²) in [6.45, 7) is 0. The SMILES string of the molecule is Nc1ccc(Sc2ccc(Br)cc2)c2ncccc12. The zero-order valence-corrected chi connectivity index (χ0v) is 12.4. The molecule has 2 N–H and O–H groups in total. The molecule has 0 amide bonds. The van der Waals surface area contributed by atoms with Crippen molar-refractivity contribution in [2.24, 2.45) is 0 Å². The Balaban J connectivity index is 2.06. The molecule has 0 aliphatic rings. The molecule has 1 heterocycles. The summed E-state index contributed by atoms with van der Waals surface area (Å²) < 4.78 is 1.08. The fourth-order valence-corrected chi connectivity index (χ4v) is 3.07. The van der Waals surface area contributed by atoms with Crippen molar-refractivity contribution >= 4 is 44.3 Å². The average molecular weight is 331 g/mol. The Hall–Kier alpha value is -1.52. The fourth-order valence-electron chi connectivity index (χ4n) is 1.88. The highest BCUT2D eigenvalue weighted by Crippen LogP contribution is 2.34. The predicted molar refractivity (Wildman–Crippen MR) is 84.4 cm³/mol. The summed E-state index contributed by atoms with van der Waals surface area (Å²) in [4.78, 5) is 6.74. The Bertz CT molecular complexity index is 726. The van der Waals surface area contributed by atoms with Crippen LogP contribution in [0.25, 0.3) is 10.9 Å². The lowest BCUT2D eigenvalue weighted by Gasteiger charge is -2.07. The molecule has 2 nitrogen and oxygen atoms in total. The number of benzene rings is 2. The highest BCUT2D eigenvalue weighted by atomic mass is 79.9. The molecule has 0 spiro atoms. The van der Waals surface area contributed by atoms with Crippen LogP contribution >= 0.6 is 27.7 Å². The van der Waals surface area contributed by atoms with Gasteiger partial charge >= 0.3 is 0 Å². The fraction of sp³-hybridized carbons (Fsp3) is 0. The molecular formula is C15H11BrN2S. The van der Waals surface area contributed by atoms with Crippen LogP contribution in [-0.4, -0.2) is 4.98 Å². The van der Waals surface area contributed by atoms with Crippen molar-refractivity contribution in [1.82, 2.24) is 4.98 Å². The molecule has 1 aromatic heterocycles. The molecule has 19 heavy (non-hydrogen) atoms. The second-order valence-electron chi connectivity index (χ2n) is 4.11. The van der Waals surface area contributed by atoms with Crippen molar-refractivity contribution in [1.29, 1.82) is 0 Å². The van der Waals surface area contributed by atoms with Crippen molar-refractivity contribution in [2.45, 2.75) is 9.79 Å². The van der Waals surface area contributed by atoms with Gasteiger partial charge in [0.1, 0.15) is 0 Å². The molecule has 0 radical (unpaired) electrons. The van der Waals surface area contributed by atoms with Gasteiger partial charge in [-0.3, -0.25) is 4.98 Å². The van der Waals surface area contributed by atoms with Gasteiger partial charge in [0.25, 0.3) is 0 Å². The van der Waals surface area contributed by atoms with Gasteiger partial charge in [-0.15, -0.1) is 0 Å². The number of nitrogens with zero attached hydrogens (tertiary/aromatic N) is 1. The van der Waals surface area contributed by atoms with Crippen LogP contribution in [0.2, 0.25) is 0 Å². The maximum absolute atomic E-state index is 5.98. The average Bonchev–Trinajstić information content (AvgIpc) is 2.45. The molecule has 3 aromatic rings. The van der Waals surface area contributed by atoms with Crippen LogP contribution < -0.4 is 5.73 Å². The van der Waals surface area contributed by atoms with E-state index in [1.807, 2.05) is 36.4 Å². The number of nitrogens with two attached hydrogens (primary N) is 1. The van der Waals surface area contributed by atoms with Crippen LogP contribution in [0.5, 0.6) is 0 Å². The van der Waals surface area contributed by atoms with Crippen molar-refractivity contribution in [3.8, 4) is 0 Å². The van der Waals surface area contributed by atoms with Gasteiger partial charge in [-0.1, -0.05) is 27.7 Å². The first-order valence-corrected chi connectivity index (χ1v) is 7.41. The van der Waals surface area contributed by atoms with E-state index in [-0.39, 0.29) is 0 Å². The van der Waals surface area contributed by atoms with E-state index in [4.69, 9.17) is 5.73 Å². The van der Waals surface area contributed by atoms with Crippen LogP contribution in [0.4, 0.5) is 5.69 Å². The molecule has 0 unspecified atom stereocenters. The third-order valence-electron chi connectivity index (χ3n) is 2.81. The van der Waals surface area contributed by atoms with Gasteiger partial charge in [0.15, 0.2) is 0 Å². The lowest BCUT2D eigenvalue weighted by atomic mass is 10.2. The summed E-state index contributed by atoms with van der Waals surface area (Å²) in [5.74, 6) is 0. The number of anilines is 1. The lowest BCUT2D eigenvalue weighted by molar-refractivity contribution is 1.34. The van der Waals surface area contributed by atoms with E-state index in [0.717, 1.165) is 26.0 Å². The summed E-state index contributed by atoms with van der Waals surface area (Å²) in [6, 6.07) is 16.1. The van der Waals surface area contributed by atoms with E-state index in [1.54, 1.807) is 18.0 Å². The third-order valence-corrected chi connectivity index (χ3v) is 4.39. The summed E-state index contributed by atoms with van der Waals surface area (Å²) in [6.07, 6.45) is 1.80. The topological polar surface area (TPSA) is 38.9 Å².